The largest absolute Gasteiger partial charge is 0.0806 e. The predicted octanol–water partition coefficient (Wildman–Crippen LogP) is 3.80. The quantitative estimate of drug-likeness (QED) is 0.446. The van der Waals surface area contributed by atoms with Gasteiger partial charge >= 0.3 is 0 Å². The third-order valence-corrected chi connectivity index (χ3v) is 9.25. The Kier molecular flexibility index (Phi) is 2.04. The number of hydrogen-bond donors (Lipinski definition) is 0. The minimum atomic E-state index is 0.611. The van der Waals surface area contributed by atoms with Crippen LogP contribution in [0.25, 0.3) is 0 Å². The minimum Gasteiger partial charge on any atom is -0.0806 e. The fourth-order valence-corrected chi connectivity index (χ4v) is 5.49. The molecular weight excluding hydrogens is 362 g/mol. The summed E-state index contributed by atoms with van der Waals surface area (Å²) in [4.78, 5) is 0. The van der Waals surface area contributed by atoms with E-state index in [1.165, 1.54) is 19.3 Å². The molecule has 64 valence electrons. The van der Waals surface area contributed by atoms with E-state index in [2.05, 4.69) is 59.0 Å². The Balaban J connectivity index is 2.34. The van der Waals surface area contributed by atoms with E-state index < -0.39 is 0 Å². The van der Waals surface area contributed by atoms with Crippen molar-refractivity contribution in [2.75, 3.05) is 0 Å². The summed E-state index contributed by atoms with van der Waals surface area (Å²) in [5.41, 5.74) is 0.611. The van der Waals surface area contributed by atoms with Crippen molar-refractivity contribution in [3.05, 3.63) is 0 Å². The summed E-state index contributed by atoms with van der Waals surface area (Å²) in [6.07, 6.45) is 4.43. The molecule has 0 aromatic carbocycles. The molecule has 11 heavy (non-hydrogen) atoms. The molecule has 2 fully saturated rings. The van der Waals surface area contributed by atoms with Crippen molar-refractivity contribution >= 4 is 45.2 Å². The van der Waals surface area contributed by atoms with E-state index in [0.29, 0.717) is 8.84 Å². The van der Waals surface area contributed by atoms with E-state index in [9.17, 15) is 0 Å². The van der Waals surface area contributed by atoms with Gasteiger partial charge in [0.2, 0.25) is 0 Å². The Morgan fingerprint density at radius 1 is 1.36 bits per heavy atom. The zero-order valence-corrected chi connectivity index (χ0v) is 11.3. The van der Waals surface area contributed by atoms with Gasteiger partial charge in [0.1, 0.15) is 0 Å². The lowest BCUT2D eigenvalue weighted by atomic mass is 9.77. The van der Waals surface area contributed by atoms with Gasteiger partial charge in [-0.15, -0.1) is 0 Å². The van der Waals surface area contributed by atoms with Gasteiger partial charge in [-0.25, -0.2) is 0 Å². The van der Waals surface area contributed by atoms with Gasteiger partial charge in [0, 0.05) is 7.35 Å². The van der Waals surface area contributed by atoms with Crippen LogP contribution in [0.2, 0.25) is 0 Å². The molecule has 3 unspecified atom stereocenters. The molecule has 0 aliphatic heterocycles. The Morgan fingerprint density at radius 3 is 2.27 bits per heavy atom. The van der Waals surface area contributed by atoms with Gasteiger partial charge in [0.05, 0.1) is 0 Å². The van der Waals surface area contributed by atoms with Crippen LogP contribution in [0, 0.1) is 11.3 Å². The van der Waals surface area contributed by atoms with Gasteiger partial charge in [-0.2, -0.15) is 0 Å². The molecule has 2 aliphatic rings. The lowest BCUT2D eigenvalue weighted by Gasteiger charge is -2.38. The summed E-state index contributed by atoms with van der Waals surface area (Å²) in [6.45, 7) is 4.91. The molecule has 0 heterocycles. The van der Waals surface area contributed by atoms with Crippen LogP contribution in [0.4, 0.5) is 0 Å². The second-order valence-corrected chi connectivity index (χ2v) is 8.05. The van der Waals surface area contributed by atoms with Crippen molar-refractivity contribution in [2.24, 2.45) is 11.3 Å². The van der Waals surface area contributed by atoms with Gasteiger partial charge < -0.3 is 0 Å². The second kappa shape index (κ2) is 2.49. The third kappa shape index (κ3) is 1.11. The normalized spacial score (nSPS) is 53.5. The predicted molar refractivity (Wildman–Crippen MR) is 65.7 cm³/mol. The summed E-state index contributed by atoms with van der Waals surface area (Å²) in [7, 11) is 0. The van der Waals surface area contributed by atoms with Crippen LogP contribution in [0.15, 0.2) is 0 Å². The first-order valence-corrected chi connectivity index (χ1v) is 6.62. The summed E-state index contributed by atoms with van der Waals surface area (Å²) < 4.78 is 1.55. The maximum atomic E-state index is 2.71. The van der Waals surface area contributed by atoms with Gasteiger partial charge in [0.15, 0.2) is 0 Å². The number of fused-ring (bicyclic) bond motifs is 2. The van der Waals surface area contributed by atoms with E-state index in [-0.39, 0.29) is 0 Å². The van der Waals surface area contributed by atoms with E-state index in [0.717, 1.165) is 9.84 Å². The Bertz CT molecular complexity index is 183. The number of rotatable bonds is 0. The third-order valence-electron chi connectivity index (χ3n) is 3.65. The van der Waals surface area contributed by atoms with Crippen molar-refractivity contribution in [1.29, 1.82) is 0 Å². The monoisotopic (exact) mass is 376 g/mol. The number of halogens is 2. The zero-order valence-electron chi connectivity index (χ0n) is 7.03. The highest BCUT2D eigenvalue weighted by Gasteiger charge is 2.59. The first-order valence-electron chi connectivity index (χ1n) is 4.30. The molecule has 0 amide bonds. The molecule has 3 atom stereocenters. The van der Waals surface area contributed by atoms with E-state index in [1.807, 2.05) is 0 Å². The number of alkyl halides is 2. The summed E-state index contributed by atoms with van der Waals surface area (Å²) in [5.74, 6) is 1.02. The van der Waals surface area contributed by atoms with Crippen LogP contribution in [-0.4, -0.2) is 7.35 Å². The minimum absolute atomic E-state index is 0.611. The van der Waals surface area contributed by atoms with Crippen LogP contribution in [0.1, 0.15) is 33.1 Å². The van der Waals surface area contributed by atoms with E-state index in [4.69, 9.17) is 0 Å². The molecule has 2 saturated carbocycles. The van der Waals surface area contributed by atoms with Gasteiger partial charge in [-0.3, -0.25) is 0 Å². The molecular formula is C9H14I2. The molecule has 0 N–H and O–H groups in total. The highest BCUT2D eigenvalue weighted by Crippen LogP contribution is 2.64. The molecule has 0 saturated heterocycles. The molecule has 2 bridgehead atoms. The van der Waals surface area contributed by atoms with Crippen LogP contribution >= 0.6 is 45.2 Å². The van der Waals surface area contributed by atoms with Gasteiger partial charge in [0.25, 0.3) is 0 Å². The van der Waals surface area contributed by atoms with E-state index >= 15 is 0 Å². The van der Waals surface area contributed by atoms with Crippen LogP contribution in [-0.2, 0) is 0 Å². The molecule has 0 aromatic rings. The Labute approximate surface area is 96.2 Å². The molecule has 0 nitrogen and oxygen atoms in total. The molecule has 2 aliphatic carbocycles. The molecule has 2 heteroatoms. The first-order chi connectivity index (χ1) is 4.97. The Morgan fingerprint density at radius 2 is 2.00 bits per heavy atom. The van der Waals surface area contributed by atoms with Crippen LogP contribution in [0.5, 0.6) is 0 Å². The lowest BCUT2D eigenvalue weighted by molar-refractivity contribution is 0.242. The summed E-state index contributed by atoms with van der Waals surface area (Å²) in [5, 5.41) is 0. The number of hydrogen-bond acceptors (Lipinski definition) is 0. The maximum absolute atomic E-state index is 2.71. The smallest absolute Gasteiger partial charge is 0.0348 e. The van der Waals surface area contributed by atoms with Gasteiger partial charge in [-0.05, 0) is 30.6 Å². The van der Waals surface area contributed by atoms with Crippen molar-refractivity contribution < 1.29 is 0 Å². The van der Waals surface area contributed by atoms with Crippen molar-refractivity contribution in [3.8, 4) is 0 Å². The summed E-state index contributed by atoms with van der Waals surface area (Å²) in [6, 6.07) is 0. The average molecular weight is 376 g/mol. The highest BCUT2D eigenvalue weighted by molar-refractivity contribution is 14.1. The zero-order chi connectivity index (χ0) is 8.28. The van der Waals surface area contributed by atoms with Gasteiger partial charge in [-0.1, -0.05) is 59.0 Å². The fourth-order valence-electron chi connectivity index (χ4n) is 2.77. The standard InChI is InChI=1S/C9H14I2/c1-8(2)6-3-4-9(11,5-6)7(8)10/h6-7H,3-5H2,1-2H3. The van der Waals surface area contributed by atoms with Crippen molar-refractivity contribution in [1.82, 2.24) is 0 Å². The molecule has 0 radical (unpaired) electrons. The fraction of sp³-hybridized carbons (Fsp3) is 1.00. The first kappa shape index (κ1) is 9.03. The summed E-state index contributed by atoms with van der Waals surface area (Å²) >= 11 is 5.39. The van der Waals surface area contributed by atoms with Crippen LogP contribution < -0.4 is 0 Å². The van der Waals surface area contributed by atoms with Crippen LogP contribution in [0.3, 0.4) is 0 Å². The Hall–Kier alpha value is 1.46. The maximum Gasteiger partial charge on any atom is 0.0348 e. The SMILES string of the molecule is CC1(C)C2CCC(I)(C2)C1I. The molecule has 0 aromatic heterocycles. The molecule has 0 spiro atoms. The highest BCUT2D eigenvalue weighted by atomic mass is 127. The second-order valence-electron chi connectivity index (χ2n) is 4.66. The topological polar surface area (TPSA) is 0 Å². The van der Waals surface area contributed by atoms with Crippen molar-refractivity contribution in [2.45, 2.75) is 40.5 Å². The lowest BCUT2D eigenvalue weighted by Crippen LogP contribution is -2.37. The van der Waals surface area contributed by atoms with E-state index in [1.54, 1.807) is 0 Å². The average Bonchev–Trinajstić information content (AvgIpc) is 2.36. The van der Waals surface area contributed by atoms with Crippen molar-refractivity contribution in [3.63, 3.8) is 0 Å². The molecule has 2 rings (SSSR count).